The quantitative estimate of drug-likeness (QED) is 0.278. The molecule has 224 valence electrons. The van der Waals surface area contributed by atoms with Gasteiger partial charge in [0.1, 0.15) is 18.4 Å². The standard InChI is InChI=1S/C30H29F2N5O5S/c1-16(25-10-20(14-43-25)27(33)34)35-28(39)24-11-30(41-6-7-42-30)15-37(24)26(38)13-36-12-19-8-17(2-4-21(19)29(36)40)18-3-5-22(31)23(32)9-18/h2-5,8-10,14,16,24H,6-7,11-13,15H2,1H3,(H3,33,34)(H,35,39)/t16-,24+/m1/s1. The fourth-order valence-corrected chi connectivity index (χ4v) is 6.68. The molecule has 1 spiro atoms. The number of likely N-dealkylation sites (tertiary alicyclic amines) is 1. The van der Waals surface area contributed by atoms with Crippen molar-refractivity contribution in [3.63, 3.8) is 0 Å². The van der Waals surface area contributed by atoms with E-state index in [4.69, 9.17) is 20.6 Å². The number of amidine groups is 1. The van der Waals surface area contributed by atoms with Crippen LogP contribution < -0.4 is 11.1 Å². The molecule has 1 aromatic heterocycles. The molecule has 0 aliphatic carbocycles. The van der Waals surface area contributed by atoms with Crippen molar-refractivity contribution in [2.45, 2.75) is 37.8 Å². The number of hydrogen-bond donors (Lipinski definition) is 3. The Kier molecular flexibility index (Phi) is 7.48. The number of carbonyl (C=O) groups excluding carboxylic acids is 3. The molecule has 4 N–H and O–H groups in total. The van der Waals surface area contributed by atoms with Gasteiger partial charge in [-0.3, -0.25) is 19.8 Å². The van der Waals surface area contributed by atoms with E-state index in [9.17, 15) is 23.2 Å². The summed E-state index contributed by atoms with van der Waals surface area (Å²) >= 11 is 1.37. The number of amides is 3. The van der Waals surface area contributed by atoms with Crippen LogP contribution in [0.5, 0.6) is 0 Å². The lowest BCUT2D eigenvalue weighted by molar-refractivity contribution is -0.152. The minimum Gasteiger partial charge on any atom is -0.384 e. The van der Waals surface area contributed by atoms with Gasteiger partial charge in [-0.2, -0.15) is 0 Å². The number of carbonyl (C=O) groups is 3. The summed E-state index contributed by atoms with van der Waals surface area (Å²) in [5, 5.41) is 12.3. The highest BCUT2D eigenvalue weighted by Crippen LogP contribution is 2.36. The van der Waals surface area contributed by atoms with Crippen LogP contribution in [0.15, 0.2) is 47.8 Å². The minimum absolute atomic E-state index is 0.0427. The molecule has 2 fully saturated rings. The lowest BCUT2D eigenvalue weighted by atomic mass is 10.0. The highest BCUT2D eigenvalue weighted by atomic mass is 32.1. The summed E-state index contributed by atoms with van der Waals surface area (Å²) in [5.74, 6) is -4.23. The normalized spacial score (nSPS) is 19.6. The molecule has 3 aliphatic heterocycles. The molecule has 2 saturated heterocycles. The van der Waals surface area contributed by atoms with E-state index in [-0.39, 0.29) is 43.7 Å². The Bertz CT molecular complexity index is 1640. The first-order valence-electron chi connectivity index (χ1n) is 13.7. The number of nitrogens with two attached hydrogens (primary N) is 1. The van der Waals surface area contributed by atoms with Gasteiger partial charge in [0, 0.05) is 34.3 Å². The van der Waals surface area contributed by atoms with Gasteiger partial charge in [-0.05, 0) is 53.9 Å². The molecule has 43 heavy (non-hydrogen) atoms. The number of rotatable bonds is 7. The monoisotopic (exact) mass is 609 g/mol. The third-order valence-corrected chi connectivity index (χ3v) is 9.12. The molecule has 6 rings (SSSR count). The van der Waals surface area contributed by atoms with Crippen LogP contribution in [0.4, 0.5) is 8.78 Å². The van der Waals surface area contributed by atoms with Gasteiger partial charge >= 0.3 is 0 Å². The summed E-state index contributed by atoms with van der Waals surface area (Å²) in [6, 6.07) is 9.06. The van der Waals surface area contributed by atoms with Crippen LogP contribution in [0, 0.1) is 17.0 Å². The zero-order valence-electron chi connectivity index (χ0n) is 23.2. The summed E-state index contributed by atoms with van der Waals surface area (Å²) in [4.78, 5) is 44.0. The Hall–Kier alpha value is -4.20. The molecule has 4 heterocycles. The van der Waals surface area contributed by atoms with Crippen molar-refractivity contribution in [2.24, 2.45) is 5.73 Å². The van der Waals surface area contributed by atoms with Crippen LogP contribution in [0.25, 0.3) is 11.1 Å². The summed E-state index contributed by atoms with van der Waals surface area (Å²) < 4.78 is 38.9. The van der Waals surface area contributed by atoms with Crippen LogP contribution in [0.1, 0.15) is 45.7 Å². The van der Waals surface area contributed by atoms with Crippen molar-refractivity contribution >= 4 is 34.9 Å². The number of hydrogen-bond acceptors (Lipinski definition) is 7. The van der Waals surface area contributed by atoms with Gasteiger partial charge in [-0.15, -0.1) is 11.3 Å². The molecular formula is C30H29F2N5O5S. The number of fused-ring (bicyclic) bond motifs is 1. The molecule has 0 bridgehead atoms. The molecule has 3 aromatic rings. The summed E-state index contributed by atoms with van der Waals surface area (Å²) in [5.41, 5.74) is 8.29. The van der Waals surface area contributed by atoms with Crippen LogP contribution in [-0.2, 0) is 25.6 Å². The van der Waals surface area contributed by atoms with Crippen LogP contribution >= 0.6 is 11.3 Å². The number of ether oxygens (including phenoxy) is 2. The Morgan fingerprint density at radius 1 is 1.14 bits per heavy atom. The molecule has 3 amide bonds. The highest BCUT2D eigenvalue weighted by molar-refractivity contribution is 7.10. The van der Waals surface area contributed by atoms with Gasteiger partial charge < -0.3 is 30.3 Å². The average molecular weight is 610 g/mol. The molecule has 13 heteroatoms. The minimum atomic E-state index is -1.09. The van der Waals surface area contributed by atoms with Crippen LogP contribution in [-0.4, -0.2) is 71.5 Å². The zero-order chi connectivity index (χ0) is 30.5. The molecule has 0 unspecified atom stereocenters. The van der Waals surface area contributed by atoms with E-state index in [1.54, 1.807) is 29.6 Å². The van der Waals surface area contributed by atoms with Gasteiger partial charge in [0.05, 0.1) is 25.8 Å². The average Bonchev–Trinajstić information content (AvgIpc) is 3.78. The third kappa shape index (κ3) is 5.51. The fourth-order valence-electron chi connectivity index (χ4n) is 5.76. The zero-order valence-corrected chi connectivity index (χ0v) is 24.0. The first kappa shape index (κ1) is 28.9. The largest absolute Gasteiger partial charge is 0.384 e. The molecule has 0 saturated carbocycles. The van der Waals surface area contributed by atoms with Crippen molar-refractivity contribution in [1.29, 1.82) is 5.41 Å². The molecule has 2 aromatic carbocycles. The molecule has 3 aliphatic rings. The van der Waals surface area contributed by atoms with E-state index in [1.165, 1.54) is 27.2 Å². The predicted molar refractivity (Wildman–Crippen MR) is 153 cm³/mol. The topological polar surface area (TPSA) is 138 Å². The fraction of sp³-hybridized carbons (Fsp3) is 0.333. The van der Waals surface area contributed by atoms with E-state index >= 15 is 0 Å². The summed E-state index contributed by atoms with van der Waals surface area (Å²) in [7, 11) is 0. The van der Waals surface area contributed by atoms with Crippen LogP contribution in [0.2, 0.25) is 0 Å². The second-order valence-electron chi connectivity index (χ2n) is 10.9. The van der Waals surface area contributed by atoms with Crippen molar-refractivity contribution in [3.05, 3.63) is 81.0 Å². The Balaban J connectivity index is 1.17. The van der Waals surface area contributed by atoms with Crippen molar-refractivity contribution in [2.75, 3.05) is 26.3 Å². The number of halogens is 2. The van der Waals surface area contributed by atoms with Gasteiger partial charge in [-0.25, -0.2) is 8.78 Å². The lowest BCUT2D eigenvalue weighted by Gasteiger charge is -2.27. The second-order valence-corrected chi connectivity index (χ2v) is 11.8. The maximum atomic E-state index is 13.8. The highest BCUT2D eigenvalue weighted by Gasteiger charge is 2.53. The Labute approximate surface area is 249 Å². The van der Waals surface area contributed by atoms with Gasteiger partial charge in [0.25, 0.3) is 5.91 Å². The van der Waals surface area contributed by atoms with Crippen molar-refractivity contribution in [1.82, 2.24) is 15.1 Å². The Morgan fingerprint density at radius 2 is 1.86 bits per heavy atom. The van der Waals surface area contributed by atoms with Gasteiger partial charge in [-0.1, -0.05) is 12.1 Å². The maximum Gasteiger partial charge on any atom is 0.254 e. The number of thiophene rings is 1. The smallest absolute Gasteiger partial charge is 0.254 e. The van der Waals surface area contributed by atoms with Crippen molar-refractivity contribution in [3.8, 4) is 11.1 Å². The van der Waals surface area contributed by atoms with Crippen molar-refractivity contribution < 1.29 is 32.6 Å². The summed E-state index contributed by atoms with van der Waals surface area (Å²) in [6.45, 7) is 2.42. The van der Waals surface area contributed by atoms with Gasteiger partial charge in [0.15, 0.2) is 17.4 Å². The molecule has 2 atom stereocenters. The predicted octanol–water partition coefficient (Wildman–Crippen LogP) is 3.15. The Morgan fingerprint density at radius 3 is 2.56 bits per heavy atom. The van der Waals surface area contributed by atoms with Crippen LogP contribution in [0.3, 0.4) is 0 Å². The first-order chi connectivity index (χ1) is 20.5. The maximum absolute atomic E-state index is 13.8. The molecule has 0 radical (unpaired) electrons. The summed E-state index contributed by atoms with van der Waals surface area (Å²) in [6.07, 6.45) is 0.145. The number of benzene rings is 2. The molecule has 10 nitrogen and oxygen atoms in total. The van der Waals surface area contributed by atoms with E-state index in [0.29, 0.717) is 41.0 Å². The van der Waals surface area contributed by atoms with Gasteiger partial charge in [0.2, 0.25) is 11.8 Å². The van der Waals surface area contributed by atoms with E-state index in [1.807, 2.05) is 6.92 Å². The third-order valence-electron chi connectivity index (χ3n) is 8.01. The van der Waals surface area contributed by atoms with E-state index in [2.05, 4.69) is 5.32 Å². The SMILES string of the molecule is C[C@@H](NC(=O)[C@@H]1CC2(CN1C(=O)CN1Cc3cc(-c4ccc(F)c(F)c4)ccc3C1=O)OCCO2)c1cc(C(=N)N)cs1. The van der Waals surface area contributed by atoms with E-state index in [0.717, 1.165) is 17.0 Å². The van der Waals surface area contributed by atoms with E-state index < -0.39 is 35.4 Å². The molecular weight excluding hydrogens is 580 g/mol. The number of nitrogen functional groups attached to an aromatic ring is 1. The second kappa shape index (κ2) is 11.1. The number of nitrogens with zero attached hydrogens (tertiary/aromatic N) is 2. The lowest BCUT2D eigenvalue weighted by Crippen LogP contribution is -2.49. The first-order valence-corrected chi connectivity index (χ1v) is 14.6. The number of nitrogens with one attached hydrogen (secondary N) is 2.